The first-order valence-corrected chi connectivity index (χ1v) is 7.46. The molecule has 0 saturated heterocycles. The standard InChI is InChI=1S/C8H12N2OPS2/c11-12-10-6-3-7-13-14-8-4-1-2-5-9-8/h1-2,4-5,12H,3,6-7H2,(H,10,11). The van der Waals surface area contributed by atoms with Gasteiger partial charge in [-0.3, -0.25) is 4.57 Å². The van der Waals surface area contributed by atoms with Crippen molar-refractivity contribution in [2.45, 2.75) is 11.4 Å². The third-order valence-electron chi connectivity index (χ3n) is 1.38. The second-order valence-corrected chi connectivity index (χ2v) is 5.45. The van der Waals surface area contributed by atoms with E-state index in [1.54, 1.807) is 27.8 Å². The molecule has 0 fully saturated rings. The van der Waals surface area contributed by atoms with Crippen molar-refractivity contribution in [3.05, 3.63) is 24.4 Å². The Balaban J connectivity index is 2.02. The van der Waals surface area contributed by atoms with E-state index in [0.29, 0.717) is 0 Å². The van der Waals surface area contributed by atoms with Gasteiger partial charge in [-0.2, -0.15) is 0 Å². The van der Waals surface area contributed by atoms with Crippen LogP contribution in [0.15, 0.2) is 29.4 Å². The maximum Gasteiger partial charge on any atom is 0.131 e. The van der Waals surface area contributed by atoms with Crippen LogP contribution >= 0.6 is 30.2 Å². The van der Waals surface area contributed by atoms with E-state index in [-0.39, 0.29) is 8.61 Å². The number of pyridine rings is 1. The topological polar surface area (TPSA) is 42.0 Å². The molecule has 0 aliphatic carbocycles. The van der Waals surface area contributed by atoms with Gasteiger partial charge in [0, 0.05) is 18.5 Å². The summed E-state index contributed by atoms with van der Waals surface area (Å²) in [7, 11) is 3.07. The molecule has 1 N–H and O–H groups in total. The Bertz CT molecular complexity index is 261. The molecule has 1 unspecified atom stereocenters. The lowest BCUT2D eigenvalue weighted by atomic mass is 10.5. The fourth-order valence-electron chi connectivity index (χ4n) is 0.769. The predicted molar refractivity (Wildman–Crippen MR) is 64.2 cm³/mol. The van der Waals surface area contributed by atoms with Crippen LogP contribution < -0.4 is 5.09 Å². The van der Waals surface area contributed by atoms with Crippen molar-refractivity contribution in [2.75, 3.05) is 12.3 Å². The summed E-state index contributed by atoms with van der Waals surface area (Å²) >= 11 is 0. The largest absolute Gasteiger partial charge is 0.273 e. The highest BCUT2D eigenvalue weighted by Gasteiger charge is 1.94. The van der Waals surface area contributed by atoms with E-state index in [9.17, 15) is 4.57 Å². The number of aromatic nitrogens is 1. The Morgan fingerprint density at radius 2 is 2.43 bits per heavy atom. The molecule has 6 heteroatoms. The summed E-state index contributed by atoms with van der Waals surface area (Å²) in [6.45, 7) is 0.817. The molecule has 14 heavy (non-hydrogen) atoms. The third kappa shape index (κ3) is 5.60. The normalized spacial score (nSPS) is 10.6. The monoisotopic (exact) mass is 247 g/mol. The van der Waals surface area contributed by atoms with Crippen LogP contribution in [0, 0.1) is 0 Å². The Hall–Kier alpha value is -0.0900. The average molecular weight is 247 g/mol. The van der Waals surface area contributed by atoms with Crippen LogP contribution in [0.5, 0.6) is 0 Å². The van der Waals surface area contributed by atoms with Crippen molar-refractivity contribution in [2.24, 2.45) is 0 Å². The van der Waals surface area contributed by atoms with Gasteiger partial charge in [-0.05, 0) is 29.3 Å². The maximum atomic E-state index is 10.1. The second kappa shape index (κ2) is 8.24. The zero-order valence-electron chi connectivity index (χ0n) is 7.60. The molecule has 1 atom stereocenters. The number of hydrogen-bond donors (Lipinski definition) is 1. The SMILES string of the molecule is O=[PH]NCCCSSc1ccccn1. The summed E-state index contributed by atoms with van der Waals surface area (Å²) in [6.07, 6.45) is 2.82. The lowest BCUT2D eigenvalue weighted by molar-refractivity contribution is 0.591. The summed E-state index contributed by atoms with van der Waals surface area (Å²) in [5.74, 6) is 1.04. The van der Waals surface area contributed by atoms with E-state index >= 15 is 0 Å². The average Bonchev–Trinajstić information content (AvgIpc) is 2.25. The lowest BCUT2D eigenvalue weighted by Crippen LogP contribution is -2.01. The van der Waals surface area contributed by atoms with Crippen LogP contribution in [0.1, 0.15) is 6.42 Å². The van der Waals surface area contributed by atoms with Gasteiger partial charge in [-0.15, -0.1) is 0 Å². The van der Waals surface area contributed by atoms with Gasteiger partial charge >= 0.3 is 0 Å². The lowest BCUT2D eigenvalue weighted by Gasteiger charge is -1.99. The molecule has 1 rings (SSSR count). The Labute approximate surface area is 93.1 Å². The van der Waals surface area contributed by atoms with Crippen molar-refractivity contribution in [1.82, 2.24) is 10.1 Å². The van der Waals surface area contributed by atoms with E-state index in [4.69, 9.17) is 0 Å². The minimum absolute atomic E-state index is 0.386. The van der Waals surface area contributed by atoms with Crippen LogP contribution in [0.2, 0.25) is 0 Å². The number of hydrogen-bond acceptors (Lipinski definition) is 4. The molecule has 1 heterocycles. The van der Waals surface area contributed by atoms with Gasteiger partial charge in [-0.1, -0.05) is 16.9 Å². The highest BCUT2D eigenvalue weighted by Crippen LogP contribution is 2.29. The number of nitrogens with zero attached hydrogens (tertiary/aromatic N) is 1. The summed E-state index contributed by atoms with van der Waals surface area (Å²) in [4.78, 5) is 4.19. The van der Waals surface area contributed by atoms with Crippen LogP contribution in [-0.4, -0.2) is 17.3 Å². The number of nitrogens with one attached hydrogen (secondary N) is 1. The van der Waals surface area contributed by atoms with Crippen molar-refractivity contribution in [3.8, 4) is 0 Å². The van der Waals surface area contributed by atoms with E-state index in [0.717, 1.165) is 23.7 Å². The third-order valence-corrected chi connectivity index (χ3v) is 4.13. The van der Waals surface area contributed by atoms with E-state index in [1.165, 1.54) is 0 Å². The fourth-order valence-corrected chi connectivity index (χ4v) is 3.01. The summed E-state index contributed by atoms with van der Waals surface area (Å²) in [6, 6.07) is 5.89. The van der Waals surface area contributed by atoms with Gasteiger partial charge in [0.2, 0.25) is 0 Å². The molecule has 3 nitrogen and oxygen atoms in total. The molecule has 0 bridgehead atoms. The molecule has 1 aromatic rings. The van der Waals surface area contributed by atoms with Crippen molar-refractivity contribution in [3.63, 3.8) is 0 Å². The second-order valence-electron chi connectivity index (χ2n) is 2.46. The van der Waals surface area contributed by atoms with E-state index < -0.39 is 0 Å². The van der Waals surface area contributed by atoms with Gasteiger partial charge < -0.3 is 0 Å². The molecule has 0 amide bonds. The van der Waals surface area contributed by atoms with Crippen molar-refractivity contribution < 1.29 is 4.57 Å². The van der Waals surface area contributed by atoms with Crippen LogP contribution in [-0.2, 0) is 4.57 Å². The van der Waals surface area contributed by atoms with Gasteiger partial charge in [0.15, 0.2) is 0 Å². The van der Waals surface area contributed by atoms with Crippen LogP contribution in [0.4, 0.5) is 0 Å². The molecule has 77 valence electrons. The Morgan fingerprint density at radius 1 is 1.50 bits per heavy atom. The zero-order valence-corrected chi connectivity index (χ0v) is 10.2. The van der Waals surface area contributed by atoms with Gasteiger partial charge in [0.25, 0.3) is 0 Å². The Morgan fingerprint density at radius 3 is 3.14 bits per heavy atom. The minimum atomic E-state index is -0.386. The highest BCUT2D eigenvalue weighted by molar-refractivity contribution is 8.76. The summed E-state index contributed by atoms with van der Waals surface area (Å²) in [5.41, 5.74) is 0. The predicted octanol–water partition coefficient (Wildman–Crippen LogP) is 2.74. The smallest absolute Gasteiger partial charge is 0.131 e. The zero-order chi connectivity index (χ0) is 10.1. The van der Waals surface area contributed by atoms with Crippen LogP contribution in [0.3, 0.4) is 0 Å². The molecule has 0 aromatic carbocycles. The Kier molecular flexibility index (Phi) is 7.05. The molecule has 0 aliphatic heterocycles. The first-order chi connectivity index (χ1) is 6.93. The van der Waals surface area contributed by atoms with Gasteiger partial charge in [-0.25, -0.2) is 10.1 Å². The molecule has 1 radical (unpaired) electrons. The molecule has 1 aromatic heterocycles. The molecular formula is C8H12N2OPS2. The maximum absolute atomic E-state index is 10.1. The molecular weight excluding hydrogens is 235 g/mol. The quantitative estimate of drug-likeness (QED) is 0.456. The molecule has 0 saturated carbocycles. The van der Waals surface area contributed by atoms with Crippen molar-refractivity contribution >= 4 is 30.2 Å². The molecule has 0 aliphatic rings. The van der Waals surface area contributed by atoms with Crippen LogP contribution in [0.25, 0.3) is 0 Å². The first-order valence-electron chi connectivity index (χ1n) is 4.24. The highest BCUT2D eigenvalue weighted by atomic mass is 33.1. The summed E-state index contributed by atoms with van der Waals surface area (Å²) in [5, 5.41) is 3.82. The number of rotatable bonds is 7. The summed E-state index contributed by atoms with van der Waals surface area (Å²) < 4.78 is 10.1. The first kappa shape index (κ1) is 12.0. The van der Waals surface area contributed by atoms with E-state index in [2.05, 4.69) is 10.1 Å². The minimum Gasteiger partial charge on any atom is -0.273 e. The van der Waals surface area contributed by atoms with Crippen molar-refractivity contribution in [1.29, 1.82) is 0 Å². The van der Waals surface area contributed by atoms with E-state index in [1.807, 2.05) is 18.2 Å². The van der Waals surface area contributed by atoms with Gasteiger partial charge in [0.1, 0.15) is 13.6 Å². The fraction of sp³-hybridized carbons (Fsp3) is 0.375. The van der Waals surface area contributed by atoms with Gasteiger partial charge in [0.05, 0.1) is 0 Å². The molecule has 0 spiro atoms.